The van der Waals surface area contributed by atoms with E-state index in [9.17, 15) is 9.50 Å². The van der Waals surface area contributed by atoms with E-state index < -0.39 is 5.82 Å². The molecule has 1 saturated heterocycles. The van der Waals surface area contributed by atoms with E-state index >= 15 is 0 Å². The van der Waals surface area contributed by atoms with Crippen molar-refractivity contribution in [3.05, 3.63) is 17.4 Å². The van der Waals surface area contributed by atoms with Crippen LogP contribution in [-0.4, -0.2) is 25.9 Å². The summed E-state index contributed by atoms with van der Waals surface area (Å²) in [4.78, 5) is 0. The topological polar surface area (TPSA) is 50.7 Å². The van der Waals surface area contributed by atoms with Crippen LogP contribution in [0.25, 0.3) is 0 Å². The minimum atomic E-state index is -0.765. The molecule has 0 radical (unpaired) electrons. The smallest absolute Gasteiger partial charge is 0.210 e. The summed E-state index contributed by atoms with van der Waals surface area (Å²) >= 11 is 0. The molecule has 18 heavy (non-hydrogen) atoms. The Morgan fingerprint density at radius 1 is 1.33 bits per heavy atom. The molecule has 1 aliphatic rings. The van der Waals surface area contributed by atoms with Gasteiger partial charge in [-0.2, -0.15) is 4.39 Å². The number of hydrogen-bond donors (Lipinski definition) is 2. The second kappa shape index (κ2) is 5.44. The minimum absolute atomic E-state index is 0.0342. The highest BCUT2D eigenvalue weighted by molar-refractivity contribution is 5.52. The summed E-state index contributed by atoms with van der Waals surface area (Å²) in [5, 5.41) is 13.2. The van der Waals surface area contributed by atoms with Crippen LogP contribution in [0.1, 0.15) is 30.9 Å². The van der Waals surface area contributed by atoms with Crippen LogP contribution in [0.2, 0.25) is 0 Å². The highest BCUT2D eigenvalue weighted by Crippen LogP contribution is 2.41. The van der Waals surface area contributed by atoms with Crippen LogP contribution < -0.4 is 14.8 Å². The van der Waals surface area contributed by atoms with Crippen LogP contribution in [0.15, 0.2) is 6.07 Å². The molecule has 1 aliphatic heterocycles. The standard InChI is InChI=1S/C13H18FNO3/c1-17-10-7-8(9-5-3-4-6-15-9)12(16)11(14)13(10)18-2/h7,9,15-16H,3-6H2,1-2H3. The zero-order valence-electron chi connectivity index (χ0n) is 10.6. The van der Waals surface area contributed by atoms with Gasteiger partial charge < -0.3 is 19.9 Å². The highest BCUT2D eigenvalue weighted by Gasteiger charge is 2.25. The lowest BCUT2D eigenvalue weighted by Gasteiger charge is -2.25. The van der Waals surface area contributed by atoms with E-state index in [0.29, 0.717) is 11.3 Å². The summed E-state index contributed by atoms with van der Waals surface area (Å²) in [5.41, 5.74) is 0.532. The lowest BCUT2D eigenvalue weighted by atomic mass is 9.96. The molecule has 1 unspecified atom stereocenters. The Hall–Kier alpha value is -1.49. The molecule has 5 heteroatoms. The molecule has 2 N–H and O–H groups in total. The molecule has 0 aromatic heterocycles. The fourth-order valence-electron chi connectivity index (χ4n) is 2.34. The monoisotopic (exact) mass is 255 g/mol. The van der Waals surface area contributed by atoms with E-state index in [1.165, 1.54) is 14.2 Å². The van der Waals surface area contributed by atoms with E-state index in [1.807, 2.05) is 0 Å². The lowest BCUT2D eigenvalue weighted by Crippen LogP contribution is -2.27. The number of hydrogen-bond acceptors (Lipinski definition) is 4. The summed E-state index contributed by atoms with van der Waals surface area (Å²) in [6.07, 6.45) is 3.04. The van der Waals surface area contributed by atoms with Crippen molar-refractivity contribution < 1.29 is 19.0 Å². The second-order valence-electron chi connectivity index (χ2n) is 4.37. The van der Waals surface area contributed by atoms with Gasteiger partial charge in [0.25, 0.3) is 0 Å². The third kappa shape index (κ3) is 2.22. The number of phenols is 1. The number of ether oxygens (including phenoxy) is 2. The number of nitrogens with one attached hydrogen (secondary N) is 1. The average Bonchev–Trinajstić information content (AvgIpc) is 2.42. The van der Waals surface area contributed by atoms with Crippen molar-refractivity contribution in [3.63, 3.8) is 0 Å². The van der Waals surface area contributed by atoms with Gasteiger partial charge in [-0.1, -0.05) is 6.42 Å². The summed E-state index contributed by atoms with van der Waals surface area (Å²) in [7, 11) is 2.80. The number of piperidine rings is 1. The van der Waals surface area contributed by atoms with E-state index in [-0.39, 0.29) is 17.5 Å². The van der Waals surface area contributed by atoms with Crippen molar-refractivity contribution in [2.24, 2.45) is 0 Å². The van der Waals surface area contributed by atoms with Gasteiger partial charge in [0.15, 0.2) is 11.5 Å². The van der Waals surface area contributed by atoms with Gasteiger partial charge in [-0.15, -0.1) is 0 Å². The zero-order valence-corrected chi connectivity index (χ0v) is 10.6. The number of benzene rings is 1. The van der Waals surface area contributed by atoms with Crippen molar-refractivity contribution >= 4 is 0 Å². The number of halogens is 1. The normalized spacial score (nSPS) is 19.6. The summed E-state index contributed by atoms with van der Waals surface area (Å²) < 4.78 is 24.0. The van der Waals surface area contributed by atoms with Crippen molar-refractivity contribution in [3.8, 4) is 17.2 Å². The molecule has 0 spiro atoms. The van der Waals surface area contributed by atoms with E-state index in [2.05, 4.69) is 5.32 Å². The molecular weight excluding hydrogens is 237 g/mol. The SMILES string of the molecule is COc1cc(C2CCCCN2)c(O)c(F)c1OC. The molecule has 0 aliphatic carbocycles. The molecule has 1 atom stereocenters. The predicted octanol–water partition coefficient (Wildman–Crippen LogP) is 2.36. The molecule has 1 heterocycles. The van der Waals surface area contributed by atoms with Gasteiger partial charge in [0.1, 0.15) is 0 Å². The van der Waals surface area contributed by atoms with E-state index in [0.717, 1.165) is 25.8 Å². The fraction of sp³-hybridized carbons (Fsp3) is 0.538. The van der Waals surface area contributed by atoms with E-state index in [1.54, 1.807) is 6.07 Å². The van der Waals surface area contributed by atoms with Crippen molar-refractivity contribution in [1.82, 2.24) is 5.32 Å². The van der Waals surface area contributed by atoms with Crippen molar-refractivity contribution in [1.29, 1.82) is 0 Å². The second-order valence-corrected chi connectivity index (χ2v) is 4.37. The first-order chi connectivity index (χ1) is 8.69. The molecule has 1 aromatic carbocycles. The molecule has 0 amide bonds. The van der Waals surface area contributed by atoms with Crippen LogP contribution in [0.3, 0.4) is 0 Å². The summed E-state index contributed by atoms with van der Waals surface area (Å²) in [5.74, 6) is -0.879. The first-order valence-corrected chi connectivity index (χ1v) is 6.05. The van der Waals surface area contributed by atoms with Crippen LogP contribution in [0.4, 0.5) is 4.39 Å². The van der Waals surface area contributed by atoms with Crippen molar-refractivity contribution in [2.75, 3.05) is 20.8 Å². The van der Waals surface area contributed by atoms with Gasteiger partial charge in [0, 0.05) is 11.6 Å². The molecule has 1 aromatic rings. The Labute approximate surface area is 106 Å². The Morgan fingerprint density at radius 2 is 2.11 bits per heavy atom. The zero-order chi connectivity index (χ0) is 13.1. The van der Waals surface area contributed by atoms with Crippen LogP contribution in [0, 0.1) is 5.82 Å². The molecule has 4 nitrogen and oxygen atoms in total. The number of methoxy groups -OCH3 is 2. The third-order valence-electron chi connectivity index (χ3n) is 3.30. The van der Waals surface area contributed by atoms with Gasteiger partial charge >= 0.3 is 0 Å². The lowest BCUT2D eigenvalue weighted by molar-refractivity contribution is 0.318. The largest absolute Gasteiger partial charge is 0.504 e. The van der Waals surface area contributed by atoms with Crippen LogP contribution >= 0.6 is 0 Å². The minimum Gasteiger partial charge on any atom is -0.504 e. The average molecular weight is 255 g/mol. The maximum absolute atomic E-state index is 14.0. The Kier molecular flexibility index (Phi) is 3.91. The molecule has 0 bridgehead atoms. The van der Waals surface area contributed by atoms with Crippen LogP contribution in [0.5, 0.6) is 17.2 Å². The maximum Gasteiger partial charge on any atom is 0.210 e. The Morgan fingerprint density at radius 3 is 2.67 bits per heavy atom. The molecule has 0 saturated carbocycles. The van der Waals surface area contributed by atoms with Crippen molar-refractivity contribution in [2.45, 2.75) is 25.3 Å². The fourth-order valence-corrected chi connectivity index (χ4v) is 2.34. The van der Waals surface area contributed by atoms with Gasteiger partial charge in [0.2, 0.25) is 11.6 Å². The molecule has 100 valence electrons. The van der Waals surface area contributed by atoms with Gasteiger partial charge in [-0.05, 0) is 25.5 Å². The maximum atomic E-state index is 14.0. The molecule has 1 fully saturated rings. The quantitative estimate of drug-likeness (QED) is 0.870. The molecular formula is C13H18FNO3. The van der Waals surface area contributed by atoms with E-state index in [4.69, 9.17) is 9.47 Å². The van der Waals surface area contributed by atoms with Gasteiger partial charge in [-0.3, -0.25) is 0 Å². The Balaban J connectivity index is 2.44. The Bertz CT molecular complexity index is 431. The third-order valence-corrected chi connectivity index (χ3v) is 3.30. The first-order valence-electron chi connectivity index (χ1n) is 6.05. The number of aromatic hydroxyl groups is 1. The predicted molar refractivity (Wildman–Crippen MR) is 65.8 cm³/mol. The van der Waals surface area contributed by atoms with Gasteiger partial charge in [-0.25, -0.2) is 0 Å². The number of phenolic OH excluding ortho intramolecular Hbond substituents is 1. The summed E-state index contributed by atoms with van der Waals surface area (Å²) in [6, 6.07) is 1.60. The van der Waals surface area contributed by atoms with Crippen LogP contribution in [-0.2, 0) is 0 Å². The summed E-state index contributed by atoms with van der Waals surface area (Å²) in [6.45, 7) is 0.875. The first kappa shape index (κ1) is 13.0. The van der Waals surface area contributed by atoms with Gasteiger partial charge in [0.05, 0.1) is 14.2 Å². The number of rotatable bonds is 3. The highest BCUT2D eigenvalue weighted by atomic mass is 19.1. The molecule has 2 rings (SSSR count).